The van der Waals surface area contributed by atoms with Gasteiger partial charge in [-0.3, -0.25) is 0 Å². The van der Waals surface area contributed by atoms with E-state index in [9.17, 15) is 0 Å². The van der Waals surface area contributed by atoms with E-state index in [-0.39, 0.29) is 0 Å². The number of tetrazole rings is 1. The molecule has 0 bridgehead atoms. The zero-order chi connectivity index (χ0) is 11.5. The van der Waals surface area contributed by atoms with Gasteiger partial charge in [0.1, 0.15) is 0 Å². The van der Waals surface area contributed by atoms with Crippen LogP contribution in [0.1, 0.15) is 11.4 Å². The highest BCUT2D eigenvalue weighted by Crippen LogP contribution is 2.22. The maximum atomic E-state index is 3.99. The Balaban J connectivity index is 2.49. The van der Waals surface area contributed by atoms with E-state index >= 15 is 0 Å². The highest BCUT2D eigenvalue weighted by atomic mass is 79.9. The van der Waals surface area contributed by atoms with E-state index in [4.69, 9.17) is 0 Å². The van der Waals surface area contributed by atoms with Crippen molar-refractivity contribution in [2.75, 3.05) is 7.05 Å². The lowest BCUT2D eigenvalue weighted by atomic mass is 10.2. The largest absolute Gasteiger partial charge is 0.313 e. The van der Waals surface area contributed by atoms with Crippen LogP contribution in [0.5, 0.6) is 0 Å². The van der Waals surface area contributed by atoms with E-state index in [2.05, 4.69) is 36.8 Å². The molecule has 0 aliphatic heterocycles. The Morgan fingerprint density at radius 2 is 2.25 bits per heavy atom. The molecule has 5 nitrogen and oxygen atoms in total. The lowest BCUT2D eigenvalue weighted by molar-refractivity contribution is 0.707. The van der Waals surface area contributed by atoms with Crippen LogP contribution >= 0.6 is 15.9 Å². The fourth-order valence-corrected chi connectivity index (χ4v) is 1.86. The van der Waals surface area contributed by atoms with Crippen LogP contribution < -0.4 is 5.32 Å². The predicted octanol–water partition coefficient (Wildman–Crippen LogP) is 1.45. The third-order valence-corrected chi connectivity index (χ3v) is 2.87. The molecule has 0 radical (unpaired) electrons. The first-order valence-electron chi connectivity index (χ1n) is 4.90. The smallest absolute Gasteiger partial charge is 0.170 e. The molecule has 0 saturated heterocycles. The number of hydrogen-bond donors (Lipinski definition) is 1. The quantitative estimate of drug-likeness (QED) is 0.925. The van der Waals surface area contributed by atoms with Crippen molar-refractivity contribution in [1.82, 2.24) is 25.5 Å². The van der Waals surface area contributed by atoms with Gasteiger partial charge in [0, 0.05) is 4.47 Å². The van der Waals surface area contributed by atoms with Crippen molar-refractivity contribution >= 4 is 15.9 Å². The van der Waals surface area contributed by atoms with E-state index in [1.165, 1.54) is 5.56 Å². The third-order valence-electron chi connectivity index (χ3n) is 2.20. The molecule has 6 heteroatoms. The summed E-state index contributed by atoms with van der Waals surface area (Å²) >= 11 is 3.50. The molecule has 0 aliphatic carbocycles. The predicted molar refractivity (Wildman–Crippen MR) is 64.4 cm³/mol. The number of nitrogens with one attached hydrogen (secondary N) is 1. The Bertz CT molecular complexity index is 494. The molecule has 1 heterocycles. The molecular weight excluding hydrogens is 270 g/mol. The highest BCUT2D eigenvalue weighted by Gasteiger charge is 2.10. The van der Waals surface area contributed by atoms with Gasteiger partial charge in [-0.2, -0.15) is 4.68 Å². The second kappa shape index (κ2) is 4.71. The summed E-state index contributed by atoms with van der Waals surface area (Å²) in [5.41, 5.74) is 2.12. The van der Waals surface area contributed by atoms with Crippen molar-refractivity contribution in [3.63, 3.8) is 0 Å². The maximum Gasteiger partial charge on any atom is 0.170 e. The fraction of sp³-hybridized carbons (Fsp3) is 0.300. The van der Waals surface area contributed by atoms with Crippen molar-refractivity contribution in [2.24, 2.45) is 0 Å². The first-order valence-corrected chi connectivity index (χ1v) is 5.70. The van der Waals surface area contributed by atoms with Gasteiger partial charge in [0.25, 0.3) is 0 Å². The molecule has 0 unspecified atom stereocenters. The SMILES string of the molecule is CNCc1nnnn1-c1cc(C)ccc1Br. The third kappa shape index (κ3) is 2.12. The van der Waals surface area contributed by atoms with Crippen LogP contribution in [0.15, 0.2) is 22.7 Å². The number of hydrogen-bond acceptors (Lipinski definition) is 4. The minimum Gasteiger partial charge on any atom is -0.313 e. The summed E-state index contributed by atoms with van der Waals surface area (Å²) in [5, 5.41) is 14.7. The van der Waals surface area contributed by atoms with Gasteiger partial charge in [0.05, 0.1) is 12.2 Å². The van der Waals surface area contributed by atoms with E-state index in [0.717, 1.165) is 16.0 Å². The second-order valence-electron chi connectivity index (χ2n) is 3.49. The van der Waals surface area contributed by atoms with Crippen LogP contribution in [0.3, 0.4) is 0 Å². The lowest BCUT2D eigenvalue weighted by Crippen LogP contribution is -2.12. The van der Waals surface area contributed by atoms with Gasteiger partial charge in [-0.05, 0) is 58.0 Å². The van der Waals surface area contributed by atoms with E-state index in [1.54, 1.807) is 4.68 Å². The van der Waals surface area contributed by atoms with Gasteiger partial charge in [0.2, 0.25) is 0 Å². The zero-order valence-electron chi connectivity index (χ0n) is 9.11. The molecule has 1 N–H and O–H groups in total. The number of halogens is 1. The normalized spacial score (nSPS) is 10.7. The number of aromatic nitrogens is 4. The van der Waals surface area contributed by atoms with E-state index in [1.807, 2.05) is 32.2 Å². The summed E-state index contributed by atoms with van der Waals surface area (Å²) < 4.78 is 2.70. The minimum absolute atomic E-state index is 0.632. The zero-order valence-corrected chi connectivity index (χ0v) is 10.7. The molecule has 84 valence electrons. The van der Waals surface area contributed by atoms with Crippen LogP contribution in [-0.4, -0.2) is 27.3 Å². The Morgan fingerprint density at radius 1 is 1.44 bits per heavy atom. The van der Waals surface area contributed by atoms with E-state index in [0.29, 0.717) is 6.54 Å². The van der Waals surface area contributed by atoms with Crippen molar-refractivity contribution in [3.8, 4) is 5.69 Å². The number of nitrogens with zero attached hydrogens (tertiary/aromatic N) is 4. The van der Waals surface area contributed by atoms with E-state index < -0.39 is 0 Å². The molecule has 0 saturated carbocycles. The Labute approximate surface area is 102 Å². The maximum absolute atomic E-state index is 3.99. The number of rotatable bonds is 3. The summed E-state index contributed by atoms with van der Waals surface area (Å²) in [6.45, 7) is 2.67. The summed E-state index contributed by atoms with van der Waals surface area (Å²) in [5.74, 6) is 0.786. The topological polar surface area (TPSA) is 55.6 Å². The summed E-state index contributed by atoms with van der Waals surface area (Å²) in [7, 11) is 1.87. The van der Waals surface area contributed by atoms with Gasteiger partial charge in [0.15, 0.2) is 5.82 Å². The molecule has 0 spiro atoms. The highest BCUT2D eigenvalue weighted by molar-refractivity contribution is 9.10. The van der Waals surface area contributed by atoms with Crippen molar-refractivity contribution in [2.45, 2.75) is 13.5 Å². The fourth-order valence-electron chi connectivity index (χ4n) is 1.45. The Morgan fingerprint density at radius 3 is 3.00 bits per heavy atom. The molecule has 2 aromatic rings. The first kappa shape index (κ1) is 11.2. The molecule has 0 fully saturated rings. The second-order valence-corrected chi connectivity index (χ2v) is 4.35. The number of aryl methyl sites for hydroxylation is 1. The summed E-state index contributed by atoms with van der Waals surface area (Å²) in [4.78, 5) is 0. The van der Waals surface area contributed by atoms with Gasteiger partial charge < -0.3 is 5.32 Å². The monoisotopic (exact) mass is 281 g/mol. The van der Waals surface area contributed by atoms with Crippen molar-refractivity contribution in [1.29, 1.82) is 0 Å². The average Bonchev–Trinajstić information content (AvgIpc) is 2.70. The molecule has 0 atom stereocenters. The van der Waals surface area contributed by atoms with Gasteiger partial charge in [-0.1, -0.05) is 6.07 Å². The molecule has 0 amide bonds. The van der Waals surface area contributed by atoms with Crippen LogP contribution in [0.2, 0.25) is 0 Å². The molecular formula is C10H12BrN5. The Kier molecular flexibility index (Phi) is 3.31. The molecule has 2 rings (SSSR count). The average molecular weight is 282 g/mol. The van der Waals surface area contributed by atoms with Crippen LogP contribution in [0.4, 0.5) is 0 Å². The van der Waals surface area contributed by atoms with Gasteiger partial charge in [-0.25, -0.2) is 0 Å². The van der Waals surface area contributed by atoms with Crippen molar-refractivity contribution in [3.05, 3.63) is 34.1 Å². The standard InChI is InChI=1S/C10H12BrN5/c1-7-3-4-8(11)9(5-7)16-10(6-12-2)13-14-15-16/h3-5,12H,6H2,1-2H3. The first-order chi connectivity index (χ1) is 7.72. The van der Waals surface area contributed by atoms with Crippen LogP contribution in [0.25, 0.3) is 5.69 Å². The number of benzene rings is 1. The van der Waals surface area contributed by atoms with Gasteiger partial charge >= 0.3 is 0 Å². The molecule has 1 aromatic carbocycles. The molecule has 0 aliphatic rings. The van der Waals surface area contributed by atoms with Crippen LogP contribution in [-0.2, 0) is 6.54 Å². The molecule has 1 aromatic heterocycles. The van der Waals surface area contributed by atoms with Crippen molar-refractivity contribution < 1.29 is 0 Å². The van der Waals surface area contributed by atoms with Gasteiger partial charge in [-0.15, -0.1) is 5.10 Å². The lowest BCUT2D eigenvalue weighted by Gasteiger charge is -2.07. The molecule has 16 heavy (non-hydrogen) atoms. The Hall–Kier alpha value is -1.27. The summed E-state index contributed by atoms with van der Waals surface area (Å²) in [6, 6.07) is 6.07. The minimum atomic E-state index is 0.632. The van der Waals surface area contributed by atoms with Crippen LogP contribution in [0, 0.1) is 6.92 Å². The summed E-state index contributed by atoms with van der Waals surface area (Å²) in [6.07, 6.45) is 0.